The minimum atomic E-state index is -3.60. The maximum atomic E-state index is 12.1. The number of nitrogens with one attached hydrogen (secondary N) is 2. The zero-order chi connectivity index (χ0) is 21.1. The highest BCUT2D eigenvalue weighted by Crippen LogP contribution is 2.15. The molecule has 0 atom stereocenters. The summed E-state index contributed by atoms with van der Waals surface area (Å²) in [4.78, 5) is 17.0. The largest absolute Gasteiger partial charge is 0.482 e. The molecule has 10 heteroatoms. The third-order valence-corrected chi connectivity index (χ3v) is 5.23. The number of imidazole rings is 1. The van der Waals surface area contributed by atoms with Gasteiger partial charge in [-0.15, -0.1) is 0 Å². The fourth-order valence-corrected chi connectivity index (χ4v) is 3.34. The van der Waals surface area contributed by atoms with E-state index in [1.54, 1.807) is 36.9 Å². The van der Waals surface area contributed by atoms with Gasteiger partial charge in [0.05, 0.1) is 11.2 Å². The van der Waals surface area contributed by atoms with Crippen molar-refractivity contribution < 1.29 is 23.1 Å². The number of carboxylic acid groups (broad SMARTS) is 1. The standard InChI is InChI=1S/C16H16ClNO5S.C3H4N2/c17-13-4-6-15(7-5-13)24(21,22)18-9-8-12-2-1-3-14(10-12)23-11-16(19)20;1-2-5-3-4-1/h1-7,10,18H,8-9,11H2,(H,19,20);1-3H,(H,4,5). The van der Waals surface area contributed by atoms with E-state index in [0.717, 1.165) is 5.56 Å². The number of sulfonamides is 1. The Hall–Kier alpha value is -2.88. The quantitative estimate of drug-likeness (QED) is 0.498. The Morgan fingerprint density at radius 3 is 2.55 bits per heavy atom. The Morgan fingerprint density at radius 2 is 1.97 bits per heavy atom. The lowest BCUT2D eigenvalue weighted by atomic mass is 10.1. The molecule has 0 spiro atoms. The molecule has 0 radical (unpaired) electrons. The number of carboxylic acids is 1. The number of hydrogen-bond donors (Lipinski definition) is 3. The number of aromatic nitrogens is 2. The second kappa shape index (κ2) is 11.2. The van der Waals surface area contributed by atoms with E-state index in [4.69, 9.17) is 21.4 Å². The molecule has 0 aliphatic carbocycles. The van der Waals surface area contributed by atoms with E-state index in [0.29, 0.717) is 17.2 Å². The highest BCUT2D eigenvalue weighted by atomic mass is 35.5. The Balaban J connectivity index is 0.000000521. The van der Waals surface area contributed by atoms with E-state index < -0.39 is 22.6 Å². The van der Waals surface area contributed by atoms with Gasteiger partial charge in [0.2, 0.25) is 10.0 Å². The van der Waals surface area contributed by atoms with E-state index >= 15 is 0 Å². The minimum Gasteiger partial charge on any atom is -0.482 e. The summed E-state index contributed by atoms with van der Waals surface area (Å²) in [6.45, 7) is -0.222. The summed E-state index contributed by atoms with van der Waals surface area (Å²) in [6.07, 6.45) is 5.52. The zero-order valence-electron chi connectivity index (χ0n) is 15.3. The van der Waals surface area contributed by atoms with Crippen molar-refractivity contribution in [2.45, 2.75) is 11.3 Å². The summed E-state index contributed by atoms with van der Waals surface area (Å²) < 4.78 is 31.9. The van der Waals surface area contributed by atoms with Crippen LogP contribution in [0.1, 0.15) is 5.56 Å². The fraction of sp³-hybridized carbons (Fsp3) is 0.158. The first kappa shape index (κ1) is 22.4. The van der Waals surface area contributed by atoms with Gasteiger partial charge in [-0.25, -0.2) is 22.9 Å². The van der Waals surface area contributed by atoms with Crippen LogP contribution in [0.3, 0.4) is 0 Å². The number of aliphatic carboxylic acids is 1. The Morgan fingerprint density at radius 1 is 1.21 bits per heavy atom. The molecule has 0 unspecified atom stereocenters. The van der Waals surface area contributed by atoms with Gasteiger partial charge in [0, 0.05) is 24.0 Å². The topological polar surface area (TPSA) is 121 Å². The van der Waals surface area contributed by atoms with Crippen molar-refractivity contribution in [3.8, 4) is 5.75 Å². The van der Waals surface area contributed by atoms with Crippen molar-refractivity contribution in [1.29, 1.82) is 0 Å². The molecule has 0 aliphatic heterocycles. The molecule has 3 N–H and O–H groups in total. The van der Waals surface area contributed by atoms with Gasteiger partial charge in [0.25, 0.3) is 0 Å². The van der Waals surface area contributed by atoms with E-state index in [-0.39, 0.29) is 11.4 Å². The highest BCUT2D eigenvalue weighted by molar-refractivity contribution is 7.89. The molecule has 3 rings (SSSR count). The van der Waals surface area contributed by atoms with Gasteiger partial charge in [0.15, 0.2) is 6.61 Å². The second-order valence-corrected chi connectivity index (χ2v) is 7.90. The van der Waals surface area contributed by atoms with Crippen LogP contribution >= 0.6 is 11.6 Å². The molecule has 1 aromatic heterocycles. The van der Waals surface area contributed by atoms with Crippen molar-refractivity contribution in [3.63, 3.8) is 0 Å². The lowest BCUT2D eigenvalue weighted by Gasteiger charge is -2.08. The zero-order valence-corrected chi connectivity index (χ0v) is 16.9. The number of hydrogen-bond acceptors (Lipinski definition) is 5. The van der Waals surface area contributed by atoms with Gasteiger partial charge in [-0.2, -0.15) is 0 Å². The van der Waals surface area contributed by atoms with Crippen LogP contribution in [0, 0.1) is 0 Å². The molecule has 0 aliphatic rings. The number of ether oxygens (including phenoxy) is 1. The van der Waals surface area contributed by atoms with Crippen LogP contribution in [0.25, 0.3) is 0 Å². The lowest BCUT2D eigenvalue weighted by Crippen LogP contribution is -2.25. The van der Waals surface area contributed by atoms with Gasteiger partial charge in [-0.3, -0.25) is 0 Å². The second-order valence-electron chi connectivity index (χ2n) is 5.69. The Kier molecular flexibility index (Phi) is 8.66. The molecule has 0 saturated carbocycles. The summed E-state index contributed by atoms with van der Waals surface area (Å²) in [5, 5.41) is 9.06. The number of halogens is 1. The summed E-state index contributed by atoms with van der Waals surface area (Å²) in [5.41, 5.74) is 0.830. The molecule has 1 heterocycles. The van der Waals surface area contributed by atoms with E-state index in [2.05, 4.69) is 14.7 Å². The van der Waals surface area contributed by atoms with Gasteiger partial charge in [-0.1, -0.05) is 23.7 Å². The van der Waals surface area contributed by atoms with Crippen LogP contribution in [0.15, 0.2) is 72.1 Å². The molecule has 3 aromatic rings. The summed E-state index contributed by atoms with van der Waals surface area (Å²) in [7, 11) is -3.60. The number of rotatable bonds is 8. The molecule has 0 amide bonds. The van der Waals surface area contributed by atoms with Crippen molar-refractivity contribution in [2.24, 2.45) is 0 Å². The van der Waals surface area contributed by atoms with E-state index in [1.165, 1.54) is 24.3 Å². The third-order valence-electron chi connectivity index (χ3n) is 3.50. The van der Waals surface area contributed by atoms with Crippen molar-refractivity contribution in [2.75, 3.05) is 13.2 Å². The number of carbonyl (C=O) groups is 1. The van der Waals surface area contributed by atoms with Crippen molar-refractivity contribution in [1.82, 2.24) is 14.7 Å². The first-order valence-corrected chi connectivity index (χ1v) is 10.3. The van der Waals surface area contributed by atoms with E-state index in [9.17, 15) is 13.2 Å². The van der Waals surface area contributed by atoms with Gasteiger partial charge < -0.3 is 14.8 Å². The normalized spacial score (nSPS) is 10.7. The van der Waals surface area contributed by atoms with Crippen LogP contribution in [-0.4, -0.2) is 42.6 Å². The highest BCUT2D eigenvalue weighted by Gasteiger charge is 2.13. The molecule has 154 valence electrons. The van der Waals surface area contributed by atoms with Gasteiger partial charge >= 0.3 is 5.97 Å². The van der Waals surface area contributed by atoms with Crippen molar-refractivity contribution in [3.05, 3.63) is 77.8 Å². The number of nitrogens with zero attached hydrogens (tertiary/aromatic N) is 1. The molecular formula is C19H20ClN3O5S. The average molecular weight is 438 g/mol. The number of H-pyrrole nitrogens is 1. The Labute approximate surface area is 173 Å². The Bertz CT molecular complexity index is 976. The fourth-order valence-electron chi connectivity index (χ4n) is 2.18. The maximum absolute atomic E-state index is 12.1. The predicted molar refractivity (Wildman–Crippen MR) is 109 cm³/mol. The molecule has 0 bridgehead atoms. The molecule has 2 aromatic carbocycles. The monoisotopic (exact) mass is 437 g/mol. The molecule has 0 saturated heterocycles. The molecule has 0 fully saturated rings. The summed E-state index contributed by atoms with van der Waals surface area (Å²) >= 11 is 5.74. The smallest absolute Gasteiger partial charge is 0.341 e. The average Bonchev–Trinajstić information content (AvgIpc) is 3.27. The van der Waals surface area contributed by atoms with Gasteiger partial charge in [0.1, 0.15) is 5.75 Å². The summed E-state index contributed by atoms with van der Waals surface area (Å²) in [5.74, 6) is -0.633. The van der Waals surface area contributed by atoms with Crippen LogP contribution in [0.4, 0.5) is 0 Å². The first-order chi connectivity index (χ1) is 13.9. The lowest BCUT2D eigenvalue weighted by molar-refractivity contribution is -0.139. The SMILES string of the molecule is O=C(O)COc1cccc(CCNS(=O)(=O)c2ccc(Cl)cc2)c1.c1c[nH]cn1. The predicted octanol–water partition coefficient (Wildman–Crippen LogP) is 2.73. The maximum Gasteiger partial charge on any atom is 0.341 e. The molecule has 29 heavy (non-hydrogen) atoms. The van der Waals surface area contributed by atoms with Crippen LogP contribution in [0.5, 0.6) is 5.75 Å². The van der Waals surface area contributed by atoms with E-state index in [1.807, 2.05) is 6.07 Å². The van der Waals surface area contributed by atoms with Crippen LogP contribution in [0.2, 0.25) is 5.02 Å². The number of benzene rings is 2. The molecule has 8 nitrogen and oxygen atoms in total. The number of aromatic amines is 1. The summed E-state index contributed by atoms with van der Waals surface area (Å²) in [6, 6.07) is 12.8. The minimum absolute atomic E-state index is 0.144. The van der Waals surface area contributed by atoms with Crippen LogP contribution in [-0.2, 0) is 21.2 Å². The molecular weight excluding hydrogens is 418 g/mol. The first-order valence-electron chi connectivity index (χ1n) is 8.48. The van der Waals surface area contributed by atoms with Gasteiger partial charge in [-0.05, 0) is 48.4 Å². The third kappa shape index (κ3) is 8.34. The van der Waals surface area contributed by atoms with Crippen LogP contribution < -0.4 is 9.46 Å². The van der Waals surface area contributed by atoms with Crippen molar-refractivity contribution >= 4 is 27.6 Å².